The Hall–Kier alpha value is -2.24. The Balaban J connectivity index is 1.87. The van der Waals surface area contributed by atoms with Crippen LogP contribution in [0.1, 0.15) is 44.6 Å². The summed E-state index contributed by atoms with van der Waals surface area (Å²) in [5.74, 6) is 0.139. The van der Waals surface area contributed by atoms with Gasteiger partial charge in [-0.05, 0) is 43.5 Å². The number of aliphatic hydroxyl groups is 2. The Labute approximate surface area is 201 Å². The number of unbranched alkanes of at least 4 members (excludes halogenated alkanes) is 3. The fourth-order valence-electron chi connectivity index (χ4n) is 3.82. The number of carbonyl (C=O) groups is 2. The van der Waals surface area contributed by atoms with Crippen molar-refractivity contribution in [3.05, 3.63) is 29.8 Å². The molecule has 10 nitrogen and oxygen atoms in total. The number of hydrogen-bond donors (Lipinski definition) is 5. The maximum absolute atomic E-state index is 12.4. The molecule has 2 rings (SSSR count). The number of ether oxygens (including phenoxy) is 3. The zero-order valence-electron chi connectivity index (χ0n) is 20.1. The van der Waals surface area contributed by atoms with Crippen LogP contribution in [0.4, 0.5) is 0 Å². The van der Waals surface area contributed by atoms with Crippen molar-refractivity contribution in [2.45, 2.75) is 76.1 Å². The monoisotopic (exact) mass is 481 g/mol. The van der Waals surface area contributed by atoms with Gasteiger partial charge in [0.15, 0.2) is 6.29 Å². The van der Waals surface area contributed by atoms with Crippen LogP contribution in [-0.4, -0.2) is 79.5 Å². The van der Waals surface area contributed by atoms with Crippen LogP contribution < -0.4 is 21.1 Å². The van der Waals surface area contributed by atoms with Crippen molar-refractivity contribution in [2.24, 2.45) is 5.73 Å². The van der Waals surface area contributed by atoms with Crippen LogP contribution in [0.2, 0.25) is 0 Å². The number of nitrogens with one attached hydrogen (secondary N) is 2. The topological polar surface area (TPSA) is 152 Å². The van der Waals surface area contributed by atoms with Gasteiger partial charge in [-0.15, -0.1) is 0 Å². The van der Waals surface area contributed by atoms with Crippen molar-refractivity contribution in [3.63, 3.8) is 0 Å². The van der Waals surface area contributed by atoms with Crippen molar-refractivity contribution in [3.8, 4) is 5.75 Å². The molecule has 10 heteroatoms. The summed E-state index contributed by atoms with van der Waals surface area (Å²) in [6.07, 6.45) is -0.0257. The Morgan fingerprint density at radius 3 is 2.62 bits per heavy atom. The molecule has 0 bridgehead atoms. The lowest BCUT2D eigenvalue weighted by molar-refractivity contribution is -0.263. The molecule has 0 radical (unpaired) electrons. The van der Waals surface area contributed by atoms with Gasteiger partial charge in [-0.1, -0.05) is 25.0 Å². The van der Waals surface area contributed by atoms with Crippen LogP contribution in [0.15, 0.2) is 24.3 Å². The number of aliphatic hydroxyl groups excluding tert-OH is 2. The summed E-state index contributed by atoms with van der Waals surface area (Å²) < 4.78 is 16.8. The molecule has 192 valence electrons. The SMILES string of the molecule is COc1cccc(CCC(=O)NCC2OC(OCCCCCCN)C(NC(C)=O)C(O)C2O)c1. The molecule has 0 aromatic heterocycles. The van der Waals surface area contributed by atoms with Crippen LogP contribution in [0.3, 0.4) is 0 Å². The summed E-state index contributed by atoms with van der Waals surface area (Å²) in [7, 11) is 1.59. The summed E-state index contributed by atoms with van der Waals surface area (Å²) in [6.45, 7) is 2.33. The Bertz CT molecular complexity index is 764. The Morgan fingerprint density at radius 1 is 1.15 bits per heavy atom. The van der Waals surface area contributed by atoms with E-state index >= 15 is 0 Å². The van der Waals surface area contributed by atoms with Gasteiger partial charge in [-0.3, -0.25) is 9.59 Å². The highest BCUT2D eigenvalue weighted by atomic mass is 16.7. The van der Waals surface area contributed by atoms with E-state index in [0.717, 1.165) is 37.0 Å². The minimum atomic E-state index is -1.31. The second kappa shape index (κ2) is 14.9. The normalized spacial score (nSPS) is 24.4. The molecule has 5 unspecified atom stereocenters. The highest BCUT2D eigenvalue weighted by Crippen LogP contribution is 2.23. The van der Waals surface area contributed by atoms with Gasteiger partial charge >= 0.3 is 0 Å². The predicted octanol–water partition coefficient (Wildman–Crippen LogP) is 0.231. The van der Waals surface area contributed by atoms with E-state index in [1.54, 1.807) is 7.11 Å². The molecule has 2 amide bonds. The molecule has 6 N–H and O–H groups in total. The van der Waals surface area contributed by atoms with Gasteiger partial charge in [-0.2, -0.15) is 0 Å². The molecule has 5 atom stereocenters. The fourth-order valence-corrected chi connectivity index (χ4v) is 3.82. The van der Waals surface area contributed by atoms with Crippen LogP contribution in [-0.2, 0) is 25.5 Å². The molecule has 34 heavy (non-hydrogen) atoms. The molecule has 0 saturated carbocycles. The summed E-state index contributed by atoms with van der Waals surface area (Å²) in [5.41, 5.74) is 6.47. The van der Waals surface area contributed by atoms with E-state index in [4.69, 9.17) is 19.9 Å². The summed E-state index contributed by atoms with van der Waals surface area (Å²) >= 11 is 0. The largest absolute Gasteiger partial charge is 0.497 e. The maximum atomic E-state index is 12.4. The van der Waals surface area contributed by atoms with Gasteiger partial charge in [0.1, 0.15) is 30.1 Å². The van der Waals surface area contributed by atoms with Crippen molar-refractivity contribution >= 4 is 11.8 Å². The molecule has 1 saturated heterocycles. The molecule has 1 fully saturated rings. The van der Waals surface area contributed by atoms with Crippen molar-refractivity contribution in [1.29, 1.82) is 0 Å². The molecule has 1 aromatic carbocycles. The number of carbonyl (C=O) groups excluding carboxylic acids is 2. The average Bonchev–Trinajstić information content (AvgIpc) is 2.83. The van der Waals surface area contributed by atoms with E-state index in [-0.39, 0.29) is 24.8 Å². The van der Waals surface area contributed by atoms with Gasteiger partial charge < -0.3 is 40.8 Å². The number of rotatable bonds is 14. The molecule has 1 aliphatic heterocycles. The third-order valence-corrected chi connectivity index (χ3v) is 5.73. The molecule has 1 aliphatic rings. The molecule has 1 heterocycles. The number of nitrogens with two attached hydrogens (primary N) is 1. The number of methoxy groups -OCH3 is 1. The maximum Gasteiger partial charge on any atom is 0.220 e. The Morgan fingerprint density at radius 2 is 1.91 bits per heavy atom. The molecule has 0 aliphatic carbocycles. The predicted molar refractivity (Wildman–Crippen MR) is 126 cm³/mol. The van der Waals surface area contributed by atoms with Crippen LogP contribution >= 0.6 is 0 Å². The van der Waals surface area contributed by atoms with Gasteiger partial charge in [0, 0.05) is 26.5 Å². The minimum Gasteiger partial charge on any atom is -0.497 e. The lowest BCUT2D eigenvalue weighted by Gasteiger charge is -2.42. The van der Waals surface area contributed by atoms with Gasteiger partial charge in [-0.25, -0.2) is 0 Å². The number of hydrogen-bond acceptors (Lipinski definition) is 8. The summed E-state index contributed by atoms with van der Waals surface area (Å²) in [4.78, 5) is 23.9. The average molecular weight is 482 g/mol. The Kier molecular flexibility index (Phi) is 12.3. The number of benzene rings is 1. The first-order valence-electron chi connectivity index (χ1n) is 11.9. The first kappa shape index (κ1) is 28.0. The second-order valence-corrected chi connectivity index (χ2v) is 8.48. The second-order valence-electron chi connectivity index (χ2n) is 8.48. The van der Waals surface area contributed by atoms with Crippen LogP contribution in [0.25, 0.3) is 0 Å². The first-order valence-corrected chi connectivity index (χ1v) is 11.9. The smallest absolute Gasteiger partial charge is 0.220 e. The van der Waals surface area contributed by atoms with E-state index < -0.39 is 30.6 Å². The van der Waals surface area contributed by atoms with Crippen LogP contribution in [0.5, 0.6) is 5.75 Å². The van der Waals surface area contributed by atoms with Crippen molar-refractivity contribution in [2.75, 3.05) is 26.8 Å². The van der Waals surface area contributed by atoms with E-state index in [0.29, 0.717) is 19.6 Å². The van der Waals surface area contributed by atoms with Gasteiger partial charge in [0.05, 0.1) is 7.11 Å². The summed E-state index contributed by atoms with van der Waals surface area (Å²) in [6, 6.07) is 6.57. The summed E-state index contributed by atoms with van der Waals surface area (Å²) in [5, 5.41) is 26.5. The van der Waals surface area contributed by atoms with Gasteiger partial charge in [0.2, 0.25) is 11.8 Å². The molecular formula is C24H39N3O7. The highest BCUT2D eigenvalue weighted by Gasteiger charge is 2.45. The zero-order chi connectivity index (χ0) is 24.9. The minimum absolute atomic E-state index is 0.00166. The third kappa shape index (κ3) is 9.19. The first-order chi connectivity index (χ1) is 16.3. The van der Waals surface area contributed by atoms with Gasteiger partial charge in [0.25, 0.3) is 0 Å². The van der Waals surface area contributed by atoms with Crippen LogP contribution in [0, 0.1) is 0 Å². The van der Waals surface area contributed by atoms with E-state index in [9.17, 15) is 19.8 Å². The lowest BCUT2D eigenvalue weighted by atomic mass is 9.96. The van der Waals surface area contributed by atoms with E-state index in [1.807, 2.05) is 24.3 Å². The lowest BCUT2D eigenvalue weighted by Crippen LogP contribution is -2.65. The quantitative estimate of drug-likeness (QED) is 0.237. The van der Waals surface area contributed by atoms with Crippen molar-refractivity contribution in [1.82, 2.24) is 10.6 Å². The van der Waals surface area contributed by atoms with E-state index in [1.165, 1.54) is 6.92 Å². The molecule has 0 spiro atoms. The fraction of sp³-hybridized carbons (Fsp3) is 0.667. The highest BCUT2D eigenvalue weighted by molar-refractivity contribution is 5.76. The van der Waals surface area contributed by atoms with Crippen molar-refractivity contribution < 1.29 is 34.0 Å². The molecule has 1 aromatic rings. The number of amides is 2. The van der Waals surface area contributed by atoms with E-state index in [2.05, 4.69) is 10.6 Å². The standard InChI is InChI=1S/C24H39N3O7/c1-16(28)27-21-23(31)22(30)19(34-24(21)33-13-6-4-3-5-12-25)15-26-20(29)11-10-17-8-7-9-18(14-17)32-2/h7-9,14,19,21-24,30-31H,3-6,10-13,15,25H2,1-2H3,(H,26,29)(H,27,28). The zero-order valence-corrected chi connectivity index (χ0v) is 20.1. The molecular weight excluding hydrogens is 442 g/mol. The number of aryl methyl sites for hydroxylation is 1. The third-order valence-electron chi connectivity index (χ3n) is 5.73.